The van der Waals surface area contributed by atoms with Gasteiger partial charge in [0.15, 0.2) is 12.2 Å². The minimum atomic E-state index is 0.545. The van der Waals surface area contributed by atoms with Gasteiger partial charge in [0.2, 0.25) is 5.82 Å². The van der Waals surface area contributed by atoms with E-state index in [-0.39, 0.29) is 0 Å². The highest BCUT2D eigenvalue weighted by Crippen LogP contribution is 2.20. The van der Waals surface area contributed by atoms with E-state index in [1.54, 1.807) is 0 Å². The Morgan fingerprint density at radius 1 is 1.47 bits per heavy atom. The second kappa shape index (κ2) is 4.90. The Bertz CT molecular complexity index is 515. The van der Waals surface area contributed by atoms with Crippen LogP contribution in [0.15, 0.2) is 10.8 Å². The van der Waals surface area contributed by atoms with Crippen molar-refractivity contribution in [3.8, 4) is 11.6 Å². The van der Waals surface area contributed by atoms with Crippen molar-refractivity contribution in [2.45, 2.75) is 26.2 Å². The largest absolute Gasteiger partial charge is 0.440 e. The first-order valence-electron chi connectivity index (χ1n) is 5.46. The van der Waals surface area contributed by atoms with Crippen molar-refractivity contribution in [1.82, 2.24) is 19.7 Å². The van der Waals surface area contributed by atoms with Gasteiger partial charge in [-0.2, -0.15) is 0 Å². The molecule has 0 aliphatic heterocycles. The molecule has 2 aromatic rings. The van der Waals surface area contributed by atoms with Gasteiger partial charge in [-0.15, -0.1) is 10.2 Å². The molecule has 0 atom stereocenters. The van der Waals surface area contributed by atoms with Gasteiger partial charge in [-0.3, -0.25) is 0 Å². The molecule has 0 amide bonds. The maximum atomic E-state index is 10.3. The van der Waals surface area contributed by atoms with Crippen molar-refractivity contribution >= 4 is 6.29 Å². The fourth-order valence-corrected chi connectivity index (χ4v) is 1.64. The number of hydrogen-bond donors (Lipinski definition) is 0. The van der Waals surface area contributed by atoms with Crippen LogP contribution in [0.25, 0.3) is 11.6 Å². The van der Waals surface area contributed by atoms with Crippen molar-refractivity contribution in [2.24, 2.45) is 7.05 Å². The summed E-state index contributed by atoms with van der Waals surface area (Å²) in [5.41, 5.74) is 0.792. The Hall–Kier alpha value is -1.98. The van der Waals surface area contributed by atoms with Crippen LogP contribution in [0.4, 0.5) is 0 Å². The topological polar surface area (TPSA) is 73.8 Å². The molecule has 0 spiro atoms. The molecule has 0 aliphatic carbocycles. The van der Waals surface area contributed by atoms with Crippen LogP contribution in [0.1, 0.15) is 24.4 Å². The molecule has 6 heteroatoms. The molecule has 90 valence electrons. The highest BCUT2D eigenvalue weighted by atomic mass is 16.3. The first kappa shape index (κ1) is 11.5. The van der Waals surface area contributed by atoms with E-state index in [1.807, 2.05) is 18.5 Å². The molecule has 0 aromatic carbocycles. The standard InChI is InChI=1S/C11H14N4O2/c1-8-10(17-7-12-8)11-14-13-9(15(11)2)5-3-4-6-16/h6-7H,3-5H2,1-2H3. The summed E-state index contributed by atoms with van der Waals surface area (Å²) in [7, 11) is 1.88. The Morgan fingerprint density at radius 2 is 2.29 bits per heavy atom. The Labute approximate surface area is 98.7 Å². The lowest BCUT2D eigenvalue weighted by molar-refractivity contribution is -0.107. The second-order valence-corrected chi connectivity index (χ2v) is 3.82. The summed E-state index contributed by atoms with van der Waals surface area (Å²) >= 11 is 0. The SMILES string of the molecule is Cc1ncoc1-c1nnc(CCCC=O)n1C. The second-order valence-electron chi connectivity index (χ2n) is 3.82. The van der Waals surface area contributed by atoms with Crippen molar-refractivity contribution in [3.05, 3.63) is 17.9 Å². The molecular formula is C11H14N4O2. The lowest BCUT2D eigenvalue weighted by Crippen LogP contribution is -2.00. The van der Waals surface area contributed by atoms with Crippen LogP contribution in [-0.4, -0.2) is 26.0 Å². The van der Waals surface area contributed by atoms with Crippen molar-refractivity contribution < 1.29 is 9.21 Å². The van der Waals surface area contributed by atoms with Gasteiger partial charge in [0.25, 0.3) is 0 Å². The van der Waals surface area contributed by atoms with Gasteiger partial charge in [-0.1, -0.05) is 0 Å². The van der Waals surface area contributed by atoms with E-state index in [2.05, 4.69) is 15.2 Å². The number of rotatable bonds is 5. The molecule has 2 rings (SSSR count). The zero-order valence-electron chi connectivity index (χ0n) is 9.88. The summed E-state index contributed by atoms with van der Waals surface area (Å²) in [6.45, 7) is 1.86. The van der Waals surface area contributed by atoms with Gasteiger partial charge in [0.1, 0.15) is 12.1 Å². The normalized spacial score (nSPS) is 10.7. The highest BCUT2D eigenvalue weighted by molar-refractivity contribution is 5.50. The van der Waals surface area contributed by atoms with Gasteiger partial charge in [0.05, 0.1) is 5.69 Å². The van der Waals surface area contributed by atoms with Crippen molar-refractivity contribution in [2.75, 3.05) is 0 Å². The molecule has 0 saturated heterocycles. The van der Waals surface area contributed by atoms with Crippen LogP contribution < -0.4 is 0 Å². The third-order valence-corrected chi connectivity index (χ3v) is 2.64. The molecule has 0 fully saturated rings. The van der Waals surface area contributed by atoms with Crippen molar-refractivity contribution in [3.63, 3.8) is 0 Å². The Kier molecular flexibility index (Phi) is 3.32. The summed E-state index contributed by atoms with van der Waals surface area (Å²) in [5.74, 6) is 2.15. The van der Waals surface area contributed by atoms with E-state index >= 15 is 0 Å². The van der Waals surface area contributed by atoms with E-state index in [0.29, 0.717) is 18.0 Å². The van der Waals surface area contributed by atoms with E-state index in [4.69, 9.17) is 4.42 Å². The number of aldehydes is 1. The Morgan fingerprint density at radius 3 is 2.94 bits per heavy atom. The summed E-state index contributed by atoms with van der Waals surface area (Å²) in [6.07, 6.45) is 4.37. The van der Waals surface area contributed by atoms with Gasteiger partial charge >= 0.3 is 0 Å². The number of hydrogen-bond acceptors (Lipinski definition) is 5. The average Bonchev–Trinajstić information content (AvgIpc) is 2.87. The molecule has 2 aromatic heterocycles. The van der Waals surface area contributed by atoms with Gasteiger partial charge in [-0.25, -0.2) is 4.98 Å². The number of aryl methyl sites for hydroxylation is 2. The van der Waals surface area contributed by atoms with Crippen LogP contribution >= 0.6 is 0 Å². The Balaban J connectivity index is 2.21. The van der Waals surface area contributed by atoms with Crippen LogP contribution in [0.3, 0.4) is 0 Å². The predicted octanol–water partition coefficient (Wildman–Crippen LogP) is 1.30. The van der Waals surface area contributed by atoms with Crippen LogP contribution in [-0.2, 0) is 18.3 Å². The number of nitrogens with zero attached hydrogens (tertiary/aromatic N) is 4. The van der Waals surface area contributed by atoms with Crippen LogP contribution in [0, 0.1) is 6.92 Å². The summed E-state index contributed by atoms with van der Waals surface area (Å²) < 4.78 is 7.15. The summed E-state index contributed by atoms with van der Waals surface area (Å²) in [4.78, 5) is 14.3. The smallest absolute Gasteiger partial charge is 0.201 e. The average molecular weight is 234 g/mol. The molecule has 0 N–H and O–H groups in total. The molecule has 0 unspecified atom stereocenters. The van der Waals surface area contributed by atoms with Gasteiger partial charge in [-0.05, 0) is 13.3 Å². The molecule has 0 bridgehead atoms. The summed E-state index contributed by atoms with van der Waals surface area (Å²) in [5, 5.41) is 8.18. The quantitative estimate of drug-likeness (QED) is 0.576. The minimum Gasteiger partial charge on any atom is -0.440 e. The third kappa shape index (κ3) is 2.25. The lowest BCUT2D eigenvalue weighted by Gasteiger charge is -2.01. The zero-order valence-corrected chi connectivity index (χ0v) is 9.88. The first-order chi connectivity index (χ1) is 8.24. The third-order valence-electron chi connectivity index (χ3n) is 2.64. The number of aromatic nitrogens is 4. The maximum Gasteiger partial charge on any atom is 0.201 e. The first-order valence-corrected chi connectivity index (χ1v) is 5.46. The fraction of sp³-hybridized carbons (Fsp3) is 0.455. The van der Waals surface area contributed by atoms with E-state index in [1.165, 1.54) is 6.39 Å². The summed E-state index contributed by atoms with van der Waals surface area (Å²) in [6, 6.07) is 0. The van der Waals surface area contributed by atoms with E-state index in [0.717, 1.165) is 30.6 Å². The molecule has 2 heterocycles. The number of carbonyl (C=O) groups excluding carboxylic acids is 1. The van der Waals surface area contributed by atoms with Crippen LogP contribution in [0.2, 0.25) is 0 Å². The van der Waals surface area contributed by atoms with Crippen molar-refractivity contribution in [1.29, 1.82) is 0 Å². The molecule has 0 saturated carbocycles. The monoisotopic (exact) mass is 234 g/mol. The number of unbranched alkanes of at least 4 members (excludes halogenated alkanes) is 1. The zero-order chi connectivity index (χ0) is 12.3. The molecular weight excluding hydrogens is 220 g/mol. The maximum absolute atomic E-state index is 10.3. The molecule has 6 nitrogen and oxygen atoms in total. The molecule has 0 radical (unpaired) electrons. The van der Waals surface area contributed by atoms with E-state index in [9.17, 15) is 4.79 Å². The van der Waals surface area contributed by atoms with Crippen LogP contribution in [0.5, 0.6) is 0 Å². The number of oxazole rings is 1. The molecule has 17 heavy (non-hydrogen) atoms. The fourth-order valence-electron chi connectivity index (χ4n) is 1.64. The van der Waals surface area contributed by atoms with Gasteiger partial charge in [0, 0.05) is 19.9 Å². The minimum absolute atomic E-state index is 0.545. The predicted molar refractivity (Wildman–Crippen MR) is 60.2 cm³/mol. The highest BCUT2D eigenvalue weighted by Gasteiger charge is 2.15. The van der Waals surface area contributed by atoms with E-state index < -0.39 is 0 Å². The molecule has 0 aliphatic rings. The number of carbonyl (C=O) groups is 1. The van der Waals surface area contributed by atoms with Gasteiger partial charge < -0.3 is 13.8 Å². The lowest BCUT2D eigenvalue weighted by atomic mass is 10.2.